The van der Waals surface area contributed by atoms with Crippen LogP contribution in [0.2, 0.25) is 0 Å². The molecule has 0 bridgehead atoms. The first-order valence-electron chi connectivity index (χ1n) is 3.88. The maximum absolute atomic E-state index is 4.26. The molecule has 60 valence electrons. The van der Waals surface area contributed by atoms with Gasteiger partial charge in [0, 0.05) is 19.8 Å². The van der Waals surface area contributed by atoms with Gasteiger partial charge in [-0.3, -0.25) is 0 Å². The Morgan fingerprint density at radius 3 is 2.40 bits per heavy atom. The van der Waals surface area contributed by atoms with E-state index in [0.29, 0.717) is 0 Å². The minimum Gasteiger partial charge on any atom is -0.303 e. The van der Waals surface area contributed by atoms with Gasteiger partial charge in [0.05, 0.1) is 0 Å². The van der Waals surface area contributed by atoms with Crippen LogP contribution in [0.15, 0.2) is 5.10 Å². The van der Waals surface area contributed by atoms with Gasteiger partial charge >= 0.3 is 0 Å². The third-order valence-electron chi connectivity index (χ3n) is 1.26. The Hall–Kier alpha value is -0.530. The summed E-state index contributed by atoms with van der Waals surface area (Å²) in [5, 5.41) is 6.12. The van der Waals surface area contributed by atoms with Crippen molar-refractivity contribution in [1.82, 2.24) is 5.01 Å². The molecule has 0 atom stereocenters. The van der Waals surface area contributed by atoms with Gasteiger partial charge in [-0.05, 0) is 19.8 Å². The second kappa shape index (κ2) is 5.27. The van der Waals surface area contributed by atoms with Gasteiger partial charge in [-0.1, -0.05) is 13.3 Å². The molecule has 0 saturated carbocycles. The molecule has 10 heavy (non-hydrogen) atoms. The molecule has 0 aromatic heterocycles. The quantitative estimate of drug-likeness (QED) is 0.433. The van der Waals surface area contributed by atoms with Crippen LogP contribution in [0, 0.1) is 0 Å². The van der Waals surface area contributed by atoms with Crippen LogP contribution in [-0.4, -0.2) is 24.8 Å². The topological polar surface area (TPSA) is 15.6 Å². The summed E-state index contributed by atoms with van der Waals surface area (Å²) < 4.78 is 0. The standard InChI is InChI=1S/C8H18N2/c1-5-6-7-8(2)9-10(3)4/h5-7H2,1-4H3/b9-8-. The van der Waals surface area contributed by atoms with Gasteiger partial charge < -0.3 is 5.01 Å². The fourth-order valence-corrected chi connectivity index (χ4v) is 0.824. The molecule has 0 N–H and O–H groups in total. The minimum atomic E-state index is 1.13. The summed E-state index contributed by atoms with van der Waals surface area (Å²) in [6.45, 7) is 4.28. The maximum atomic E-state index is 4.26. The summed E-state index contributed by atoms with van der Waals surface area (Å²) in [4.78, 5) is 0. The Balaban J connectivity index is 3.49. The van der Waals surface area contributed by atoms with Gasteiger partial charge in [0.25, 0.3) is 0 Å². The maximum Gasteiger partial charge on any atom is 0.0349 e. The Bertz CT molecular complexity index is 106. The molecule has 0 aromatic carbocycles. The Morgan fingerprint density at radius 1 is 1.40 bits per heavy atom. The molecule has 0 aromatic rings. The molecule has 0 aliphatic rings. The van der Waals surface area contributed by atoms with Crippen LogP contribution in [0.1, 0.15) is 33.1 Å². The molecule has 2 nitrogen and oxygen atoms in total. The van der Waals surface area contributed by atoms with Crippen LogP contribution in [0.5, 0.6) is 0 Å². The van der Waals surface area contributed by atoms with Gasteiger partial charge in [-0.15, -0.1) is 0 Å². The molecule has 0 aliphatic carbocycles. The van der Waals surface area contributed by atoms with Gasteiger partial charge in [0.2, 0.25) is 0 Å². The predicted octanol–water partition coefficient (Wildman–Crippen LogP) is 2.11. The van der Waals surface area contributed by atoms with E-state index in [1.54, 1.807) is 0 Å². The van der Waals surface area contributed by atoms with Crippen molar-refractivity contribution in [3.63, 3.8) is 0 Å². The lowest BCUT2D eigenvalue weighted by Gasteiger charge is -2.05. The molecule has 2 heteroatoms. The second-order valence-corrected chi connectivity index (χ2v) is 2.79. The summed E-state index contributed by atoms with van der Waals surface area (Å²) in [6, 6.07) is 0. The molecule has 0 spiro atoms. The van der Waals surface area contributed by atoms with E-state index < -0.39 is 0 Å². The minimum absolute atomic E-state index is 1.13. The Kier molecular flexibility index (Phi) is 4.99. The van der Waals surface area contributed by atoms with Gasteiger partial charge in [0.15, 0.2) is 0 Å². The van der Waals surface area contributed by atoms with E-state index in [2.05, 4.69) is 18.9 Å². The molecule has 0 heterocycles. The number of unbranched alkanes of at least 4 members (excludes halogenated alkanes) is 1. The molecule has 0 radical (unpaired) electrons. The lowest BCUT2D eigenvalue weighted by Crippen LogP contribution is -2.06. The summed E-state index contributed by atoms with van der Waals surface area (Å²) in [7, 11) is 3.91. The summed E-state index contributed by atoms with van der Waals surface area (Å²) in [6.07, 6.45) is 3.64. The van der Waals surface area contributed by atoms with Crippen molar-refractivity contribution in [3.05, 3.63) is 0 Å². The van der Waals surface area contributed by atoms with Crippen molar-refractivity contribution in [2.24, 2.45) is 5.10 Å². The lowest BCUT2D eigenvalue weighted by atomic mass is 10.2. The van der Waals surface area contributed by atoms with E-state index in [-0.39, 0.29) is 0 Å². The molecular formula is C8H18N2. The van der Waals surface area contributed by atoms with Crippen molar-refractivity contribution < 1.29 is 0 Å². The highest BCUT2D eigenvalue weighted by atomic mass is 15.4. The second-order valence-electron chi connectivity index (χ2n) is 2.79. The van der Waals surface area contributed by atoms with E-state index in [4.69, 9.17) is 0 Å². The smallest absolute Gasteiger partial charge is 0.0349 e. The number of hydrogen-bond donors (Lipinski definition) is 0. The van der Waals surface area contributed by atoms with Crippen LogP contribution in [0.3, 0.4) is 0 Å². The van der Waals surface area contributed by atoms with E-state index in [0.717, 1.165) is 6.42 Å². The van der Waals surface area contributed by atoms with Crippen molar-refractivity contribution >= 4 is 5.71 Å². The monoisotopic (exact) mass is 142 g/mol. The fraction of sp³-hybridized carbons (Fsp3) is 0.875. The Morgan fingerprint density at radius 2 is 2.00 bits per heavy atom. The summed E-state index contributed by atoms with van der Waals surface area (Å²) in [5.74, 6) is 0. The third kappa shape index (κ3) is 5.60. The van der Waals surface area contributed by atoms with Crippen LogP contribution >= 0.6 is 0 Å². The lowest BCUT2D eigenvalue weighted by molar-refractivity contribution is 0.435. The number of hydrogen-bond acceptors (Lipinski definition) is 2. The molecular weight excluding hydrogens is 124 g/mol. The van der Waals surface area contributed by atoms with Crippen molar-refractivity contribution in [2.75, 3.05) is 14.1 Å². The van der Waals surface area contributed by atoms with E-state index in [1.807, 2.05) is 19.1 Å². The molecule has 0 saturated heterocycles. The first kappa shape index (κ1) is 9.47. The summed E-state index contributed by atoms with van der Waals surface area (Å²) in [5.41, 5.74) is 1.23. The van der Waals surface area contributed by atoms with E-state index >= 15 is 0 Å². The van der Waals surface area contributed by atoms with Crippen LogP contribution in [-0.2, 0) is 0 Å². The predicted molar refractivity (Wildman–Crippen MR) is 46.3 cm³/mol. The zero-order chi connectivity index (χ0) is 7.98. The fourth-order valence-electron chi connectivity index (χ4n) is 0.824. The molecule has 0 rings (SSSR count). The normalized spacial score (nSPS) is 11.8. The molecule has 0 unspecified atom stereocenters. The first-order chi connectivity index (χ1) is 4.66. The van der Waals surface area contributed by atoms with Crippen molar-refractivity contribution in [3.8, 4) is 0 Å². The Labute approximate surface area is 63.9 Å². The highest BCUT2D eigenvalue weighted by Crippen LogP contribution is 1.96. The van der Waals surface area contributed by atoms with Crippen LogP contribution in [0.25, 0.3) is 0 Å². The zero-order valence-electron chi connectivity index (χ0n) is 7.52. The SMILES string of the molecule is CCCC/C(C)=N\N(C)C. The number of hydrazone groups is 1. The van der Waals surface area contributed by atoms with Gasteiger partial charge in [-0.25, -0.2) is 0 Å². The number of rotatable bonds is 4. The highest BCUT2D eigenvalue weighted by molar-refractivity contribution is 5.81. The zero-order valence-corrected chi connectivity index (χ0v) is 7.52. The molecule has 0 fully saturated rings. The van der Waals surface area contributed by atoms with E-state index in [1.165, 1.54) is 18.6 Å². The number of nitrogens with zero attached hydrogens (tertiary/aromatic N) is 2. The average molecular weight is 142 g/mol. The van der Waals surface area contributed by atoms with Crippen molar-refractivity contribution in [2.45, 2.75) is 33.1 Å². The van der Waals surface area contributed by atoms with Gasteiger partial charge in [0.1, 0.15) is 0 Å². The van der Waals surface area contributed by atoms with Crippen LogP contribution in [0.4, 0.5) is 0 Å². The molecule has 0 amide bonds. The third-order valence-corrected chi connectivity index (χ3v) is 1.26. The molecule has 0 aliphatic heterocycles. The largest absolute Gasteiger partial charge is 0.303 e. The van der Waals surface area contributed by atoms with Gasteiger partial charge in [-0.2, -0.15) is 5.10 Å². The first-order valence-corrected chi connectivity index (χ1v) is 3.88. The van der Waals surface area contributed by atoms with Crippen LogP contribution < -0.4 is 0 Å². The van der Waals surface area contributed by atoms with E-state index in [9.17, 15) is 0 Å². The van der Waals surface area contributed by atoms with Crippen molar-refractivity contribution in [1.29, 1.82) is 0 Å². The average Bonchev–Trinajstić information content (AvgIpc) is 1.82. The highest BCUT2D eigenvalue weighted by Gasteiger charge is 1.90. The summed E-state index contributed by atoms with van der Waals surface area (Å²) >= 11 is 0.